The predicted octanol–water partition coefficient (Wildman–Crippen LogP) is 3.99. The zero-order valence-electron chi connectivity index (χ0n) is 11.2. The van der Waals surface area contributed by atoms with Gasteiger partial charge in [-0.25, -0.2) is 0 Å². The van der Waals surface area contributed by atoms with Crippen LogP contribution < -0.4 is 4.74 Å². The van der Waals surface area contributed by atoms with Gasteiger partial charge in [-0.2, -0.15) is 0 Å². The molecule has 1 aromatic rings. The Morgan fingerprint density at radius 1 is 1.42 bits per heavy atom. The fourth-order valence-corrected chi connectivity index (χ4v) is 3.98. The summed E-state index contributed by atoms with van der Waals surface area (Å²) in [5.74, 6) is 1.85. The van der Waals surface area contributed by atoms with Crippen molar-refractivity contribution in [2.24, 2.45) is 5.92 Å². The molecule has 104 valence electrons. The van der Waals surface area contributed by atoms with Gasteiger partial charge in [-0.3, -0.25) is 4.90 Å². The third-order valence-electron chi connectivity index (χ3n) is 4.10. The van der Waals surface area contributed by atoms with E-state index >= 15 is 0 Å². The fourth-order valence-electron chi connectivity index (χ4n) is 3.05. The highest BCUT2D eigenvalue weighted by atomic mass is 79.9. The first kappa shape index (κ1) is 13.9. The van der Waals surface area contributed by atoms with Crippen LogP contribution in [-0.4, -0.2) is 29.4 Å². The highest BCUT2D eigenvalue weighted by molar-refractivity contribution is 9.10. The van der Waals surface area contributed by atoms with Gasteiger partial charge in [0.25, 0.3) is 0 Å². The quantitative estimate of drug-likeness (QED) is 0.710. The van der Waals surface area contributed by atoms with Crippen molar-refractivity contribution in [1.29, 1.82) is 0 Å². The molecule has 0 aromatic heterocycles. The molecule has 1 saturated heterocycles. The SMILES string of the molecule is CC1CN(Cc2cc(Br)cc3c2OCC3)CCC1Br. The number of benzene rings is 1. The number of ether oxygens (including phenoxy) is 1. The van der Waals surface area contributed by atoms with E-state index in [0.717, 1.165) is 37.8 Å². The van der Waals surface area contributed by atoms with Crippen molar-refractivity contribution in [1.82, 2.24) is 4.90 Å². The molecular weight excluding hydrogens is 370 g/mol. The minimum absolute atomic E-state index is 0.674. The molecule has 0 saturated carbocycles. The Labute approximate surface area is 131 Å². The summed E-state index contributed by atoms with van der Waals surface area (Å²) < 4.78 is 6.99. The zero-order chi connectivity index (χ0) is 13.4. The number of alkyl halides is 1. The minimum atomic E-state index is 0.674. The number of likely N-dealkylation sites (tertiary alicyclic amines) is 1. The number of fused-ring (bicyclic) bond motifs is 1. The molecule has 2 atom stereocenters. The average Bonchev–Trinajstić information content (AvgIpc) is 2.82. The van der Waals surface area contributed by atoms with Crippen molar-refractivity contribution in [3.05, 3.63) is 27.7 Å². The lowest BCUT2D eigenvalue weighted by Gasteiger charge is -2.34. The van der Waals surface area contributed by atoms with Gasteiger partial charge in [0.2, 0.25) is 0 Å². The van der Waals surface area contributed by atoms with Gasteiger partial charge in [0, 0.05) is 34.4 Å². The Kier molecular flexibility index (Phi) is 4.20. The summed E-state index contributed by atoms with van der Waals surface area (Å²) in [6, 6.07) is 4.41. The molecule has 0 N–H and O–H groups in total. The smallest absolute Gasteiger partial charge is 0.127 e. The number of nitrogens with zero attached hydrogens (tertiary/aromatic N) is 1. The van der Waals surface area contributed by atoms with E-state index in [-0.39, 0.29) is 0 Å². The van der Waals surface area contributed by atoms with Crippen molar-refractivity contribution in [2.45, 2.75) is 31.1 Å². The van der Waals surface area contributed by atoms with E-state index in [1.165, 1.54) is 28.6 Å². The molecule has 4 heteroatoms. The van der Waals surface area contributed by atoms with Crippen LogP contribution >= 0.6 is 31.9 Å². The minimum Gasteiger partial charge on any atom is -0.493 e. The summed E-state index contributed by atoms with van der Waals surface area (Å²) in [5, 5.41) is 0. The second kappa shape index (κ2) is 5.74. The summed E-state index contributed by atoms with van der Waals surface area (Å²) in [4.78, 5) is 3.22. The fraction of sp³-hybridized carbons (Fsp3) is 0.600. The summed E-state index contributed by atoms with van der Waals surface area (Å²) >= 11 is 7.39. The Morgan fingerprint density at radius 3 is 3.05 bits per heavy atom. The van der Waals surface area contributed by atoms with Crippen molar-refractivity contribution in [3.8, 4) is 5.75 Å². The molecule has 0 spiro atoms. The molecule has 0 amide bonds. The Balaban J connectivity index is 1.77. The second-order valence-electron chi connectivity index (χ2n) is 5.67. The predicted molar refractivity (Wildman–Crippen MR) is 85.1 cm³/mol. The largest absolute Gasteiger partial charge is 0.493 e. The highest BCUT2D eigenvalue weighted by Gasteiger charge is 2.25. The molecular formula is C15H19Br2NO. The molecule has 19 heavy (non-hydrogen) atoms. The third kappa shape index (κ3) is 3.01. The summed E-state index contributed by atoms with van der Waals surface area (Å²) in [7, 11) is 0. The maximum absolute atomic E-state index is 5.82. The van der Waals surface area contributed by atoms with Crippen molar-refractivity contribution in [3.63, 3.8) is 0 Å². The summed E-state index contributed by atoms with van der Waals surface area (Å²) in [6.07, 6.45) is 2.28. The third-order valence-corrected chi connectivity index (χ3v) is 5.92. The van der Waals surface area contributed by atoms with E-state index in [9.17, 15) is 0 Å². The molecule has 0 radical (unpaired) electrons. The first-order valence-electron chi connectivity index (χ1n) is 6.94. The molecule has 0 bridgehead atoms. The number of piperidine rings is 1. The van der Waals surface area contributed by atoms with Gasteiger partial charge >= 0.3 is 0 Å². The van der Waals surface area contributed by atoms with E-state index in [1.807, 2.05) is 0 Å². The summed E-state index contributed by atoms with van der Waals surface area (Å²) in [6.45, 7) is 6.50. The second-order valence-corrected chi connectivity index (χ2v) is 7.76. The Bertz CT molecular complexity index is 477. The molecule has 2 heterocycles. The molecule has 0 aliphatic carbocycles. The topological polar surface area (TPSA) is 12.5 Å². The van der Waals surface area contributed by atoms with E-state index in [2.05, 4.69) is 55.8 Å². The molecule has 2 unspecified atom stereocenters. The van der Waals surface area contributed by atoms with Crippen molar-refractivity contribution >= 4 is 31.9 Å². The Hall–Kier alpha value is -0.0600. The van der Waals surface area contributed by atoms with Gasteiger partial charge in [0.1, 0.15) is 5.75 Å². The number of hydrogen-bond acceptors (Lipinski definition) is 2. The molecule has 1 aromatic carbocycles. The number of halogens is 2. The maximum atomic E-state index is 5.82. The van der Waals surface area contributed by atoms with Gasteiger partial charge in [0.15, 0.2) is 0 Å². The number of rotatable bonds is 2. The number of hydrogen-bond donors (Lipinski definition) is 0. The van der Waals surface area contributed by atoms with Gasteiger partial charge in [-0.05, 0) is 36.6 Å². The van der Waals surface area contributed by atoms with Crippen LogP contribution in [0.3, 0.4) is 0 Å². The van der Waals surface area contributed by atoms with E-state index in [0.29, 0.717) is 4.83 Å². The van der Waals surface area contributed by atoms with E-state index in [1.54, 1.807) is 0 Å². The standard InChI is InChI=1S/C15H19Br2NO/c1-10-8-18(4-2-14(10)17)9-12-7-13(16)6-11-3-5-19-15(11)12/h6-7,10,14H,2-5,8-9H2,1H3. The van der Waals surface area contributed by atoms with Crippen LogP contribution in [-0.2, 0) is 13.0 Å². The van der Waals surface area contributed by atoms with Crippen LogP contribution in [0.15, 0.2) is 16.6 Å². The lowest BCUT2D eigenvalue weighted by molar-refractivity contribution is 0.181. The van der Waals surface area contributed by atoms with Crippen LogP contribution in [0.25, 0.3) is 0 Å². The lowest BCUT2D eigenvalue weighted by Crippen LogP contribution is -2.39. The lowest BCUT2D eigenvalue weighted by atomic mass is 9.99. The van der Waals surface area contributed by atoms with Gasteiger partial charge < -0.3 is 4.74 Å². The van der Waals surface area contributed by atoms with Crippen molar-refractivity contribution in [2.75, 3.05) is 19.7 Å². The van der Waals surface area contributed by atoms with Gasteiger partial charge in [-0.15, -0.1) is 0 Å². The van der Waals surface area contributed by atoms with Crippen LogP contribution in [0.1, 0.15) is 24.5 Å². The van der Waals surface area contributed by atoms with Crippen LogP contribution in [0.2, 0.25) is 0 Å². The zero-order valence-corrected chi connectivity index (χ0v) is 14.3. The van der Waals surface area contributed by atoms with Crippen LogP contribution in [0, 0.1) is 5.92 Å². The maximum Gasteiger partial charge on any atom is 0.127 e. The first-order chi connectivity index (χ1) is 9.13. The molecule has 3 rings (SSSR count). The van der Waals surface area contributed by atoms with Crippen LogP contribution in [0.4, 0.5) is 0 Å². The van der Waals surface area contributed by atoms with E-state index in [4.69, 9.17) is 4.74 Å². The highest BCUT2D eigenvalue weighted by Crippen LogP contribution is 2.34. The molecule has 2 aliphatic heterocycles. The van der Waals surface area contributed by atoms with Gasteiger partial charge in [0.05, 0.1) is 6.61 Å². The van der Waals surface area contributed by atoms with E-state index < -0.39 is 0 Å². The van der Waals surface area contributed by atoms with Crippen molar-refractivity contribution < 1.29 is 4.74 Å². The summed E-state index contributed by atoms with van der Waals surface area (Å²) in [5.41, 5.74) is 2.69. The van der Waals surface area contributed by atoms with Gasteiger partial charge in [-0.1, -0.05) is 38.8 Å². The average molecular weight is 389 g/mol. The molecule has 2 aliphatic rings. The van der Waals surface area contributed by atoms with Crippen LogP contribution in [0.5, 0.6) is 5.75 Å². The Morgan fingerprint density at radius 2 is 2.26 bits per heavy atom. The monoisotopic (exact) mass is 387 g/mol. The molecule has 2 nitrogen and oxygen atoms in total. The molecule has 1 fully saturated rings. The normalized spacial score (nSPS) is 27.1. The first-order valence-corrected chi connectivity index (χ1v) is 8.65.